The summed E-state index contributed by atoms with van der Waals surface area (Å²) in [4.78, 5) is 0. The molecule has 3 heteroatoms. The third kappa shape index (κ3) is 13.9. The lowest BCUT2D eigenvalue weighted by Crippen LogP contribution is -2.09. The minimum absolute atomic E-state index is 0.316. The maximum atomic E-state index is 8.57. The molecule has 0 amide bonds. The molecule has 98 valence electrons. The number of hydrogen-bond acceptors (Lipinski definition) is 3. The van der Waals surface area contributed by atoms with E-state index in [0.29, 0.717) is 13.0 Å². The highest BCUT2D eigenvalue weighted by atomic mass is 16.5. The molecule has 2 N–H and O–H groups in total. The molecule has 0 aromatic heterocycles. The molecule has 0 aromatic carbocycles. The predicted molar refractivity (Wildman–Crippen MR) is 66.3 cm³/mol. The molecule has 3 nitrogen and oxygen atoms in total. The summed E-state index contributed by atoms with van der Waals surface area (Å²) in [5.41, 5.74) is 0. The Balaban J connectivity index is 2.88. The van der Waals surface area contributed by atoms with Gasteiger partial charge in [0.05, 0.1) is 6.61 Å². The Morgan fingerprint density at radius 1 is 0.812 bits per heavy atom. The van der Waals surface area contributed by atoms with Crippen LogP contribution >= 0.6 is 0 Å². The van der Waals surface area contributed by atoms with Crippen LogP contribution in [0.5, 0.6) is 0 Å². The van der Waals surface area contributed by atoms with Crippen LogP contribution in [0.25, 0.3) is 0 Å². The van der Waals surface area contributed by atoms with Crippen molar-refractivity contribution in [2.24, 2.45) is 0 Å². The summed E-state index contributed by atoms with van der Waals surface area (Å²) in [7, 11) is 0. The second kappa shape index (κ2) is 12.9. The first kappa shape index (κ1) is 15.9. The van der Waals surface area contributed by atoms with Crippen molar-refractivity contribution in [2.75, 3.05) is 13.2 Å². The molecule has 0 saturated heterocycles. The zero-order valence-electron chi connectivity index (χ0n) is 10.7. The Hall–Kier alpha value is -0.120. The van der Waals surface area contributed by atoms with Gasteiger partial charge in [-0.2, -0.15) is 0 Å². The number of unbranched alkanes of at least 4 members (excludes halogenated alkanes) is 7. The van der Waals surface area contributed by atoms with Crippen LogP contribution in [-0.4, -0.2) is 29.7 Å². The summed E-state index contributed by atoms with van der Waals surface area (Å²) in [5.74, 6) is 0. The minimum Gasteiger partial charge on any atom is -0.381 e. The first-order valence-corrected chi connectivity index (χ1v) is 6.71. The van der Waals surface area contributed by atoms with Gasteiger partial charge in [0.1, 0.15) is 0 Å². The molecule has 0 fully saturated rings. The Morgan fingerprint density at radius 3 is 1.94 bits per heavy atom. The van der Waals surface area contributed by atoms with E-state index < -0.39 is 6.29 Å². The van der Waals surface area contributed by atoms with Crippen LogP contribution in [-0.2, 0) is 4.74 Å². The van der Waals surface area contributed by atoms with Crippen LogP contribution < -0.4 is 0 Å². The van der Waals surface area contributed by atoms with Crippen LogP contribution in [0.3, 0.4) is 0 Å². The van der Waals surface area contributed by atoms with E-state index in [-0.39, 0.29) is 0 Å². The van der Waals surface area contributed by atoms with Gasteiger partial charge in [-0.15, -0.1) is 0 Å². The number of aliphatic hydroxyl groups is 2. The van der Waals surface area contributed by atoms with Gasteiger partial charge in [0.2, 0.25) is 0 Å². The van der Waals surface area contributed by atoms with Gasteiger partial charge in [-0.25, -0.2) is 0 Å². The molecule has 0 aliphatic carbocycles. The first-order chi connectivity index (χ1) is 7.77. The summed E-state index contributed by atoms with van der Waals surface area (Å²) >= 11 is 0. The highest BCUT2D eigenvalue weighted by molar-refractivity contribution is 4.46. The van der Waals surface area contributed by atoms with Crippen molar-refractivity contribution in [1.29, 1.82) is 0 Å². The zero-order chi connectivity index (χ0) is 12.1. The molecular formula is C13H28O3. The minimum atomic E-state index is -1.22. The van der Waals surface area contributed by atoms with E-state index in [0.717, 1.165) is 13.0 Å². The summed E-state index contributed by atoms with van der Waals surface area (Å²) in [6.07, 6.45) is 9.48. The highest BCUT2D eigenvalue weighted by Crippen LogP contribution is 2.08. The maximum absolute atomic E-state index is 8.57. The molecule has 0 rings (SSSR count). The standard InChI is InChI=1S/C13H28O3/c1-2-3-4-5-6-7-8-9-11-16-12-10-13(14)15/h13-15H,2-12H2,1H3. The lowest BCUT2D eigenvalue weighted by molar-refractivity contribution is -0.0611. The number of ether oxygens (including phenoxy) is 1. The predicted octanol–water partition coefficient (Wildman–Crippen LogP) is 2.84. The van der Waals surface area contributed by atoms with Crippen molar-refractivity contribution in [3.63, 3.8) is 0 Å². The molecule has 16 heavy (non-hydrogen) atoms. The molecule has 0 heterocycles. The molecule has 0 aromatic rings. The maximum Gasteiger partial charge on any atom is 0.153 e. The van der Waals surface area contributed by atoms with Crippen molar-refractivity contribution < 1.29 is 14.9 Å². The zero-order valence-corrected chi connectivity index (χ0v) is 10.7. The van der Waals surface area contributed by atoms with Gasteiger partial charge in [-0.05, 0) is 6.42 Å². The largest absolute Gasteiger partial charge is 0.381 e. The van der Waals surface area contributed by atoms with Gasteiger partial charge in [-0.3, -0.25) is 0 Å². The molecule has 0 aliphatic rings. The fraction of sp³-hybridized carbons (Fsp3) is 1.00. The molecular weight excluding hydrogens is 204 g/mol. The van der Waals surface area contributed by atoms with Crippen molar-refractivity contribution in [2.45, 2.75) is 71.0 Å². The normalized spacial score (nSPS) is 11.2. The average Bonchev–Trinajstić information content (AvgIpc) is 2.25. The van der Waals surface area contributed by atoms with Crippen LogP contribution in [0, 0.1) is 0 Å². The van der Waals surface area contributed by atoms with E-state index in [4.69, 9.17) is 14.9 Å². The van der Waals surface area contributed by atoms with Crippen molar-refractivity contribution in [3.05, 3.63) is 0 Å². The average molecular weight is 232 g/mol. The summed E-state index contributed by atoms with van der Waals surface area (Å²) in [6.45, 7) is 3.44. The SMILES string of the molecule is CCCCCCCCCCOCCC(O)O. The van der Waals surface area contributed by atoms with Crippen LogP contribution in [0.15, 0.2) is 0 Å². The molecule has 0 unspecified atom stereocenters. The van der Waals surface area contributed by atoms with Crippen LogP contribution in [0.2, 0.25) is 0 Å². The number of aliphatic hydroxyl groups excluding tert-OH is 1. The van der Waals surface area contributed by atoms with Gasteiger partial charge in [0.15, 0.2) is 6.29 Å². The Kier molecular flexibility index (Phi) is 12.9. The lowest BCUT2D eigenvalue weighted by Gasteiger charge is -2.05. The fourth-order valence-electron chi connectivity index (χ4n) is 1.63. The number of rotatable bonds is 12. The number of hydrogen-bond donors (Lipinski definition) is 2. The topological polar surface area (TPSA) is 49.7 Å². The molecule has 0 atom stereocenters. The molecule has 0 aliphatic heterocycles. The second-order valence-corrected chi connectivity index (χ2v) is 4.36. The third-order valence-electron chi connectivity index (χ3n) is 2.66. The summed E-state index contributed by atoms with van der Waals surface area (Å²) in [5, 5.41) is 17.1. The monoisotopic (exact) mass is 232 g/mol. The Labute approximate surface area is 99.8 Å². The van der Waals surface area contributed by atoms with Crippen LogP contribution in [0.4, 0.5) is 0 Å². The quantitative estimate of drug-likeness (QED) is 0.402. The molecule has 0 radical (unpaired) electrons. The van der Waals surface area contributed by atoms with Gasteiger partial charge >= 0.3 is 0 Å². The Bertz CT molecular complexity index is 126. The van der Waals surface area contributed by atoms with E-state index in [2.05, 4.69) is 6.92 Å². The van der Waals surface area contributed by atoms with E-state index in [1.165, 1.54) is 44.9 Å². The lowest BCUT2D eigenvalue weighted by atomic mass is 10.1. The second-order valence-electron chi connectivity index (χ2n) is 4.36. The van der Waals surface area contributed by atoms with Crippen molar-refractivity contribution in [3.8, 4) is 0 Å². The molecule has 0 spiro atoms. The summed E-state index contributed by atoms with van der Waals surface area (Å²) in [6, 6.07) is 0. The molecule has 0 saturated carbocycles. The summed E-state index contributed by atoms with van der Waals surface area (Å²) < 4.78 is 5.27. The highest BCUT2D eigenvalue weighted by Gasteiger charge is 1.96. The fourth-order valence-corrected chi connectivity index (χ4v) is 1.63. The van der Waals surface area contributed by atoms with E-state index in [1.54, 1.807) is 0 Å². The van der Waals surface area contributed by atoms with Gasteiger partial charge < -0.3 is 14.9 Å². The smallest absolute Gasteiger partial charge is 0.153 e. The molecule has 0 bridgehead atoms. The van der Waals surface area contributed by atoms with Gasteiger partial charge in [-0.1, -0.05) is 51.9 Å². The van der Waals surface area contributed by atoms with Crippen molar-refractivity contribution >= 4 is 0 Å². The van der Waals surface area contributed by atoms with Gasteiger partial charge in [0, 0.05) is 13.0 Å². The van der Waals surface area contributed by atoms with E-state index in [9.17, 15) is 0 Å². The van der Waals surface area contributed by atoms with Crippen LogP contribution in [0.1, 0.15) is 64.7 Å². The van der Waals surface area contributed by atoms with Crippen molar-refractivity contribution in [1.82, 2.24) is 0 Å². The third-order valence-corrected chi connectivity index (χ3v) is 2.66. The first-order valence-electron chi connectivity index (χ1n) is 6.71. The van der Waals surface area contributed by atoms with E-state index in [1.807, 2.05) is 0 Å². The Morgan fingerprint density at radius 2 is 1.38 bits per heavy atom. The van der Waals surface area contributed by atoms with E-state index >= 15 is 0 Å². The van der Waals surface area contributed by atoms with Gasteiger partial charge in [0.25, 0.3) is 0 Å².